The van der Waals surface area contributed by atoms with E-state index in [1.54, 1.807) is 6.08 Å². The number of hydrogen-bond acceptors (Lipinski definition) is 2. The van der Waals surface area contributed by atoms with Gasteiger partial charge in [0.2, 0.25) is 0 Å². The average molecular weight is 273 g/mol. The van der Waals surface area contributed by atoms with Crippen LogP contribution in [0, 0.1) is 11.7 Å². The van der Waals surface area contributed by atoms with Crippen molar-refractivity contribution in [3.63, 3.8) is 0 Å². The van der Waals surface area contributed by atoms with Crippen LogP contribution in [0.2, 0.25) is 0 Å². The summed E-state index contributed by atoms with van der Waals surface area (Å²) in [6, 6.07) is 1.30. The molecule has 2 nitrogen and oxygen atoms in total. The molecule has 0 aliphatic carbocycles. The summed E-state index contributed by atoms with van der Waals surface area (Å²) in [4.78, 5) is 14.8. The van der Waals surface area contributed by atoms with Crippen LogP contribution in [0.3, 0.4) is 0 Å². The van der Waals surface area contributed by atoms with Gasteiger partial charge in [0.1, 0.15) is 5.82 Å². The molecule has 0 aliphatic heterocycles. The highest BCUT2D eigenvalue weighted by molar-refractivity contribution is 6.07. The number of nitrogens with zero attached hydrogens (tertiary/aromatic N) is 1. The summed E-state index contributed by atoms with van der Waals surface area (Å²) < 4.78 is 13.1. The summed E-state index contributed by atoms with van der Waals surface area (Å²) in [5.74, 6) is -0.0356. The van der Waals surface area contributed by atoms with Gasteiger partial charge in [-0.05, 0) is 31.4 Å². The Labute approximate surface area is 119 Å². The maximum atomic E-state index is 13.1. The Morgan fingerprint density at radius 2 is 2.00 bits per heavy atom. The zero-order valence-corrected chi connectivity index (χ0v) is 12.4. The third-order valence-corrected chi connectivity index (χ3v) is 2.92. The van der Waals surface area contributed by atoms with E-state index in [1.807, 2.05) is 12.2 Å². The molecule has 0 amide bonds. The number of aldehydes is 1. The molecule has 20 heavy (non-hydrogen) atoms. The van der Waals surface area contributed by atoms with Crippen molar-refractivity contribution in [2.45, 2.75) is 27.7 Å². The van der Waals surface area contributed by atoms with Gasteiger partial charge in [0.15, 0.2) is 6.29 Å². The Morgan fingerprint density at radius 3 is 2.50 bits per heavy atom. The number of rotatable bonds is 5. The quantitative estimate of drug-likeness (QED) is 0.453. The van der Waals surface area contributed by atoms with Crippen LogP contribution in [0.4, 0.5) is 4.39 Å². The summed E-state index contributed by atoms with van der Waals surface area (Å²) in [7, 11) is 0. The molecule has 0 saturated carbocycles. The van der Waals surface area contributed by atoms with Crippen molar-refractivity contribution in [3.05, 3.63) is 59.2 Å². The van der Waals surface area contributed by atoms with Gasteiger partial charge in [-0.1, -0.05) is 37.6 Å². The van der Waals surface area contributed by atoms with Crippen LogP contribution < -0.4 is 0 Å². The summed E-state index contributed by atoms with van der Waals surface area (Å²) >= 11 is 0. The number of carbonyl (C=O) groups excluding carboxylic acids is 1. The van der Waals surface area contributed by atoms with Gasteiger partial charge in [0.25, 0.3) is 0 Å². The Hall–Kier alpha value is -2.03. The number of carbonyl (C=O) groups is 1. The third kappa shape index (κ3) is 4.57. The zero-order valence-electron chi connectivity index (χ0n) is 12.4. The van der Waals surface area contributed by atoms with Crippen LogP contribution in [0.5, 0.6) is 0 Å². The third-order valence-electron chi connectivity index (χ3n) is 2.92. The Morgan fingerprint density at radius 1 is 1.30 bits per heavy atom. The lowest BCUT2D eigenvalue weighted by atomic mass is 9.98. The van der Waals surface area contributed by atoms with E-state index >= 15 is 0 Å². The predicted octanol–water partition coefficient (Wildman–Crippen LogP) is 4.35. The standard InChI is InChI=1S/C17H20FNO/c1-12(2)17(13(3)4)7-5-6-14(11-20)15-8-16(18)10-19-9-15/h5-12H,1-4H3/b7-5-,14-6+. The largest absolute Gasteiger partial charge is 0.298 e. The highest BCUT2D eigenvalue weighted by Gasteiger charge is 2.02. The first kappa shape index (κ1) is 16.0. The van der Waals surface area contributed by atoms with Gasteiger partial charge in [0, 0.05) is 17.3 Å². The molecule has 3 heteroatoms. The summed E-state index contributed by atoms with van der Waals surface area (Å²) in [5.41, 5.74) is 3.35. The average Bonchev–Trinajstić information content (AvgIpc) is 2.38. The van der Waals surface area contributed by atoms with Gasteiger partial charge in [-0.15, -0.1) is 0 Å². The fraction of sp³-hybridized carbons (Fsp3) is 0.294. The minimum atomic E-state index is -0.452. The van der Waals surface area contributed by atoms with E-state index in [0.29, 0.717) is 23.3 Å². The van der Waals surface area contributed by atoms with Crippen molar-refractivity contribution in [2.24, 2.45) is 5.92 Å². The summed E-state index contributed by atoms with van der Waals surface area (Å²) in [6.45, 7) is 8.35. The smallest absolute Gasteiger partial charge is 0.150 e. The van der Waals surface area contributed by atoms with E-state index in [0.717, 1.165) is 6.20 Å². The highest BCUT2D eigenvalue weighted by atomic mass is 19.1. The first-order chi connectivity index (χ1) is 9.45. The molecule has 106 valence electrons. The number of allylic oxidation sites excluding steroid dienone is 6. The molecule has 0 bridgehead atoms. The zero-order chi connectivity index (χ0) is 15.1. The van der Waals surface area contributed by atoms with Crippen molar-refractivity contribution < 1.29 is 9.18 Å². The van der Waals surface area contributed by atoms with Crippen molar-refractivity contribution >= 4 is 11.9 Å². The molecule has 1 aromatic heterocycles. The number of aromatic nitrogens is 1. The fourth-order valence-electron chi connectivity index (χ4n) is 1.97. The molecule has 0 saturated heterocycles. The lowest BCUT2D eigenvalue weighted by Gasteiger charge is -2.08. The number of hydrogen-bond donors (Lipinski definition) is 0. The van der Waals surface area contributed by atoms with Crippen LogP contribution in [-0.4, -0.2) is 11.3 Å². The van der Waals surface area contributed by atoms with Gasteiger partial charge >= 0.3 is 0 Å². The van der Waals surface area contributed by atoms with Gasteiger partial charge in [0.05, 0.1) is 6.20 Å². The Kier molecular flexibility index (Phi) is 6.04. The summed E-state index contributed by atoms with van der Waals surface area (Å²) in [6.07, 6.45) is 8.77. The van der Waals surface area contributed by atoms with Crippen LogP contribution >= 0.6 is 0 Å². The first-order valence-corrected chi connectivity index (χ1v) is 6.57. The van der Waals surface area contributed by atoms with E-state index < -0.39 is 5.82 Å². The van der Waals surface area contributed by atoms with Crippen LogP contribution in [-0.2, 0) is 4.79 Å². The predicted molar refractivity (Wildman–Crippen MR) is 80.6 cm³/mol. The second-order valence-corrected chi connectivity index (χ2v) is 5.10. The van der Waals surface area contributed by atoms with Crippen molar-refractivity contribution in [2.75, 3.05) is 0 Å². The van der Waals surface area contributed by atoms with Crippen molar-refractivity contribution in [3.8, 4) is 0 Å². The number of halogens is 1. The monoisotopic (exact) mass is 273 g/mol. The highest BCUT2D eigenvalue weighted by Crippen LogP contribution is 2.17. The maximum Gasteiger partial charge on any atom is 0.150 e. The molecular formula is C17H20FNO. The normalized spacial score (nSPS) is 12.0. The lowest BCUT2D eigenvalue weighted by Crippen LogP contribution is -1.93. The van der Waals surface area contributed by atoms with E-state index in [-0.39, 0.29) is 0 Å². The van der Waals surface area contributed by atoms with Crippen molar-refractivity contribution in [1.29, 1.82) is 0 Å². The van der Waals surface area contributed by atoms with Gasteiger partial charge in [-0.3, -0.25) is 9.78 Å². The second-order valence-electron chi connectivity index (χ2n) is 5.10. The second kappa shape index (κ2) is 7.53. The molecule has 1 heterocycles. The minimum absolute atomic E-state index is 0.408. The fourth-order valence-corrected chi connectivity index (χ4v) is 1.97. The van der Waals surface area contributed by atoms with E-state index in [4.69, 9.17) is 0 Å². The molecule has 0 N–H and O–H groups in total. The van der Waals surface area contributed by atoms with Crippen LogP contribution in [0.25, 0.3) is 5.57 Å². The van der Waals surface area contributed by atoms with Gasteiger partial charge < -0.3 is 0 Å². The molecule has 0 atom stereocenters. The van der Waals surface area contributed by atoms with E-state index in [1.165, 1.54) is 23.4 Å². The maximum absolute atomic E-state index is 13.1. The Bertz CT molecular complexity index is 564. The van der Waals surface area contributed by atoms with Gasteiger partial charge in [-0.25, -0.2) is 4.39 Å². The molecule has 0 aliphatic rings. The van der Waals surface area contributed by atoms with Crippen molar-refractivity contribution in [1.82, 2.24) is 4.98 Å². The molecule has 1 aromatic rings. The molecule has 0 fully saturated rings. The molecule has 0 radical (unpaired) electrons. The van der Waals surface area contributed by atoms with Gasteiger partial charge in [-0.2, -0.15) is 0 Å². The molecule has 0 aromatic carbocycles. The van der Waals surface area contributed by atoms with E-state index in [2.05, 4.69) is 32.7 Å². The van der Waals surface area contributed by atoms with Crippen LogP contribution in [0.1, 0.15) is 33.3 Å². The minimum Gasteiger partial charge on any atom is -0.298 e. The molecule has 0 unspecified atom stereocenters. The Balaban J connectivity index is 3.03. The topological polar surface area (TPSA) is 30.0 Å². The SMILES string of the molecule is CC(C)=C(/C=C\C=C(/C=O)c1cncc(F)c1)C(C)C. The number of pyridine rings is 1. The molecule has 1 rings (SSSR count). The molecular weight excluding hydrogens is 253 g/mol. The van der Waals surface area contributed by atoms with E-state index in [9.17, 15) is 9.18 Å². The molecule has 0 spiro atoms. The summed E-state index contributed by atoms with van der Waals surface area (Å²) in [5, 5.41) is 0. The van der Waals surface area contributed by atoms with Crippen LogP contribution in [0.15, 0.2) is 47.8 Å². The lowest BCUT2D eigenvalue weighted by molar-refractivity contribution is -0.103. The first-order valence-electron chi connectivity index (χ1n) is 6.57.